The minimum atomic E-state index is -4.95. The zero-order valence-electron chi connectivity index (χ0n) is 59.1. The second-order valence-electron chi connectivity index (χ2n) is 26.9. The van der Waals surface area contributed by atoms with Crippen molar-refractivity contribution in [1.82, 2.24) is 0 Å². The average molecular weight is 1340 g/mol. The van der Waals surface area contributed by atoms with Crippen LogP contribution in [0, 0.1) is 11.8 Å². The van der Waals surface area contributed by atoms with E-state index < -0.39 is 97.5 Å². The summed E-state index contributed by atoms with van der Waals surface area (Å²) in [5, 5.41) is 10.6. The van der Waals surface area contributed by atoms with Gasteiger partial charge in [0.2, 0.25) is 0 Å². The van der Waals surface area contributed by atoms with Crippen molar-refractivity contribution in [2.75, 3.05) is 39.6 Å². The number of phosphoric ester groups is 2. The van der Waals surface area contributed by atoms with E-state index in [-0.39, 0.29) is 25.7 Å². The van der Waals surface area contributed by atoms with E-state index in [1.165, 1.54) is 180 Å². The van der Waals surface area contributed by atoms with Gasteiger partial charge in [-0.05, 0) is 37.5 Å². The molecular weight excluding hydrogens is 1200 g/mol. The van der Waals surface area contributed by atoms with E-state index in [0.717, 1.165) is 108 Å². The van der Waals surface area contributed by atoms with Crippen LogP contribution in [0.5, 0.6) is 0 Å². The number of esters is 4. The third kappa shape index (κ3) is 66.5. The molecule has 17 nitrogen and oxygen atoms in total. The number of unbranched alkanes of at least 4 members (excludes halogenated alkanes) is 41. The number of aliphatic hydroxyl groups excluding tert-OH is 1. The summed E-state index contributed by atoms with van der Waals surface area (Å²) in [5.41, 5.74) is 0. The van der Waals surface area contributed by atoms with E-state index in [1.54, 1.807) is 0 Å². The zero-order chi connectivity index (χ0) is 67.2. The van der Waals surface area contributed by atoms with Crippen LogP contribution in [-0.2, 0) is 65.4 Å². The third-order valence-corrected chi connectivity index (χ3v) is 18.6. The molecule has 0 aliphatic heterocycles. The lowest BCUT2D eigenvalue weighted by atomic mass is 10.0. The van der Waals surface area contributed by atoms with Crippen LogP contribution >= 0.6 is 15.6 Å². The maximum Gasteiger partial charge on any atom is 0.472 e. The molecule has 0 aromatic heterocycles. The van der Waals surface area contributed by atoms with Crippen molar-refractivity contribution in [1.29, 1.82) is 0 Å². The van der Waals surface area contributed by atoms with Gasteiger partial charge in [-0.15, -0.1) is 0 Å². The van der Waals surface area contributed by atoms with Gasteiger partial charge in [0.25, 0.3) is 0 Å². The molecule has 3 N–H and O–H groups in total. The predicted octanol–water partition coefficient (Wildman–Crippen LogP) is 20.8. The molecule has 0 rings (SSSR count). The van der Waals surface area contributed by atoms with Crippen molar-refractivity contribution >= 4 is 39.5 Å². The van der Waals surface area contributed by atoms with Gasteiger partial charge in [-0.2, -0.15) is 0 Å². The first kappa shape index (κ1) is 89.1. The Morgan fingerprint density at radius 2 is 0.505 bits per heavy atom. The first-order valence-electron chi connectivity index (χ1n) is 37.5. The topological polar surface area (TPSA) is 237 Å². The number of hydrogen-bond acceptors (Lipinski definition) is 15. The summed E-state index contributed by atoms with van der Waals surface area (Å²) in [5.74, 6) is -0.614. The molecule has 0 aliphatic carbocycles. The summed E-state index contributed by atoms with van der Waals surface area (Å²) in [6, 6.07) is 0. The van der Waals surface area contributed by atoms with Crippen LogP contribution < -0.4 is 0 Å². The van der Waals surface area contributed by atoms with Crippen molar-refractivity contribution in [2.24, 2.45) is 11.8 Å². The third-order valence-electron chi connectivity index (χ3n) is 16.7. The first-order chi connectivity index (χ1) is 43.9. The Labute approximate surface area is 556 Å². The van der Waals surface area contributed by atoms with E-state index in [9.17, 15) is 43.2 Å². The molecule has 0 heterocycles. The molecule has 0 amide bonds. The SMILES string of the molecule is CCCCCCCCCCCCCCCCCCCCCC(=O)O[C@H](COC(=O)CCCCCCCCCCCCCCC(C)C)COP(=O)(O)OC[C@@H](O)COP(=O)(O)OC[C@@H](COC(=O)CCCCCCC)OC(=O)CCCCCCCCCCCC(C)C. The standard InChI is InChI=1S/C72H140O17P2/c1-7-9-11-13-14-15-16-17-18-19-20-21-22-23-28-33-38-44-50-56-71(76)89-68(61-83-70(75)55-49-43-37-32-27-25-24-26-30-35-41-46-52-64(3)4)63-87-91(80,81)85-59-66(73)58-84-90(78,79)86-62-67(60-82-69(74)54-48-40-12-10-8-2)88-72(77)57-51-45-39-34-29-31-36-42-47-53-65(5)6/h64-68,73H,7-63H2,1-6H3,(H,78,79)(H,80,81)/t66-,67+,68+/m0/s1. The highest BCUT2D eigenvalue weighted by atomic mass is 31.2. The Balaban J connectivity index is 5.15. The monoisotopic (exact) mass is 1340 g/mol. The lowest BCUT2D eigenvalue weighted by Gasteiger charge is -2.21. The van der Waals surface area contributed by atoms with Crippen molar-refractivity contribution < 1.29 is 80.2 Å². The maximum atomic E-state index is 13.0. The Hall–Kier alpha value is -1.94. The zero-order valence-corrected chi connectivity index (χ0v) is 60.9. The maximum absolute atomic E-state index is 13.0. The summed E-state index contributed by atoms with van der Waals surface area (Å²) < 4.78 is 68.1. The molecule has 5 atom stereocenters. The van der Waals surface area contributed by atoms with Crippen LogP contribution in [0.15, 0.2) is 0 Å². The smallest absolute Gasteiger partial charge is 0.462 e. The van der Waals surface area contributed by atoms with Crippen LogP contribution in [0.25, 0.3) is 0 Å². The van der Waals surface area contributed by atoms with Crippen LogP contribution in [0.3, 0.4) is 0 Å². The minimum Gasteiger partial charge on any atom is -0.462 e. The highest BCUT2D eigenvalue weighted by Crippen LogP contribution is 2.45. The molecule has 0 spiro atoms. The number of aliphatic hydroxyl groups is 1. The molecule has 0 radical (unpaired) electrons. The molecule has 2 unspecified atom stereocenters. The lowest BCUT2D eigenvalue weighted by Crippen LogP contribution is -2.30. The van der Waals surface area contributed by atoms with Gasteiger partial charge in [-0.25, -0.2) is 9.13 Å². The van der Waals surface area contributed by atoms with Crippen molar-refractivity contribution in [2.45, 2.75) is 387 Å². The normalized spacial score (nSPS) is 14.1. The Bertz CT molecular complexity index is 1770. The lowest BCUT2D eigenvalue weighted by molar-refractivity contribution is -0.161. The Morgan fingerprint density at radius 1 is 0.297 bits per heavy atom. The fourth-order valence-electron chi connectivity index (χ4n) is 10.9. The Kier molecular flexibility index (Phi) is 62.7. The number of rotatable bonds is 71. The predicted molar refractivity (Wildman–Crippen MR) is 368 cm³/mol. The molecular formula is C72H140O17P2. The van der Waals surface area contributed by atoms with Crippen LogP contribution in [0.1, 0.15) is 369 Å². The molecule has 0 bridgehead atoms. The van der Waals surface area contributed by atoms with Gasteiger partial charge in [-0.3, -0.25) is 37.3 Å². The number of carbonyl (C=O) groups is 4. The van der Waals surface area contributed by atoms with Gasteiger partial charge in [0.05, 0.1) is 26.4 Å². The summed E-state index contributed by atoms with van der Waals surface area (Å²) >= 11 is 0. The fraction of sp³-hybridized carbons (Fsp3) is 0.944. The molecule has 0 fully saturated rings. The quantitative estimate of drug-likeness (QED) is 0.0222. The largest absolute Gasteiger partial charge is 0.472 e. The van der Waals surface area contributed by atoms with Crippen molar-refractivity contribution in [3.8, 4) is 0 Å². The molecule has 91 heavy (non-hydrogen) atoms. The molecule has 0 saturated carbocycles. The van der Waals surface area contributed by atoms with Crippen molar-refractivity contribution in [3.05, 3.63) is 0 Å². The molecule has 540 valence electrons. The van der Waals surface area contributed by atoms with Crippen LogP contribution in [-0.4, -0.2) is 96.7 Å². The number of ether oxygens (including phenoxy) is 4. The second-order valence-corrected chi connectivity index (χ2v) is 29.8. The second kappa shape index (κ2) is 64.1. The summed E-state index contributed by atoms with van der Waals surface area (Å²) in [6.07, 6.45) is 50.4. The van der Waals surface area contributed by atoms with Gasteiger partial charge in [0, 0.05) is 25.7 Å². The molecule has 0 aromatic carbocycles. The Morgan fingerprint density at radius 3 is 0.747 bits per heavy atom. The number of carbonyl (C=O) groups excluding carboxylic acids is 4. The highest BCUT2D eigenvalue weighted by molar-refractivity contribution is 7.47. The number of phosphoric acid groups is 2. The van der Waals surface area contributed by atoms with Gasteiger partial charge in [0.15, 0.2) is 12.2 Å². The first-order valence-corrected chi connectivity index (χ1v) is 40.5. The van der Waals surface area contributed by atoms with Gasteiger partial charge in [-0.1, -0.05) is 318 Å². The van der Waals surface area contributed by atoms with E-state index in [0.29, 0.717) is 25.7 Å². The van der Waals surface area contributed by atoms with Gasteiger partial charge < -0.3 is 33.8 Å². The highest BCUT2D eigenvalue weighted by Gasteiger charge is 2.30. The van der Waals surface area contributed by atoms with Crippen LogP contribution in [0.2, 0.25) is 0 Å². The molecule has 0 aliphatic rings. The molecule has 0 saturated heterocycles. The molecule has 0 aromatic rings. The van der Waals surface area contributed by atoms with Crippen molar-refractivity contribution in [3.63, 3.8) is 0 Å². The van der Waals surface area contributed by atoms with E-state index in [2.05, 4.69) is 41.5 Å². The summed E-state index contributed by atoms with van der Waals surface area (Å²) in [6.45, 7) is 9.46. The van der Waals surface area contributed by atoms with Gasteiger partial charge in [0.1, 0.15) is 19.3 Å². The van der Waals surface area contributed by atoms with Gasteiger partial charge >= 0.3 is 39.5 Å². The summed E-state index contributed by atoms with van der Waals surface area (Å²) in [7, 11) is -9.89. The van der Waals surface area contributed by atoms with Crippen LogP contribution in [0.4, 0.5) is 0 Å². The van der Waals surface area contributed by atoms with E-state index in [4.69, 9.17) is 37.0 Å². The van der Waals surface area contributed by atoms with E-state index >= 15 is 0 Å². The summed E-state index contributed by atoms with van der Waals surface area (Å²) in [4.78, 5) is 72.3. The minimum absolute atomic E-state index is 0.104. The number of hydrogen-bond donors (Lipinski definition) is 3. The average Bonchev–Trinajstić information content (AvgIpc) is 3.66. The molecule has 19 heteroatoms. The fourth-order valence-corrected chi connectivity index (χ4v) is 12.5. The van der Waals surface area contributed by atoms with E-state index in [1.807, 2.05) is 0 Å².